The van der Waals surface area contributed by atoms with Crippen LogP contribution in [0.1, 0.15) is 6.42 Å². The number of rotatable bonds is 6. The maximum atomic E-state index is 11.5. The van der Waals surface area contributed by atoms with Gasteiger partial charge in [0.15, 0.2) is 0 Å². The van der Waals surface area contributed by atoms with Crippen LogP contribution in [0.4, 0.5) is 5.69 Å². The Labute approximate surface area is 114 Å². The standard InChI is InChI=1S/C11H12Cl2N2O3/c12-7-1-2-8(13)9(5-7)15-10(16)3-4-14-6-11(17)18/h1-2,5,14H,3-4,6H2,(H,15,16)(H,17,18). The number of carboxylic acid groups (broad SMARTS) is 1. The van der Waals surface area contributed by atoms with Crippen molar-refractivity contribution in [3.63, 3.8) is 0 Å². The lowest BCUT2D eigenvalue weighted by molar-refractivity contribution is -0.136. The van der Waals surface area contributed by atoms with Crippen LogP contribution in [0.5, 0.6) is 0 Å². The molecule has 0 heterocycles. The van der Waals surface area contributed by atoms with Crippen LogP contribution in [0.25, 0.3) is 0 Å². The normalized spacial score (nSPS) is 10.1. The Morgan fingerprint density at radius 1 is 1.28 bits per heavy atom. The zero-order valence-corrected chi connectivity index (χ0v) is 10.9. The summed E-state index contributed by atoms with van der Waals surface area (Å²) in [7, 11) is 0. The van der Waals surface area contributed by atoms with Gasteiger partial charge in [0.05, 0.1) is 17.3 Å². The Balaban J connectivity index is 2.40. The summed E-state index contributed by atoms with van der Waals surface area (Å²) in [5, 5.41) is 14.5. The number of anilines is 1. The summed E-state index contributed by atoms with van der Waals surface area (Å²) in [4.78, 5) is 21.7. The minimum Gasteiger partial charge on any atom is -0.480 e. The van der Waals surface area contributed by atoms with Crippen LogP contribution in [-0.2, 0) is 9.59 Å². The third-order valence-corrected chi connectivity index (χ3v) is 2.57. The SMILES string of the molecule is O=C(O)CNCCC(=O)Nc1cc(Cl)ccc1Cl. The summed E-state index contributed by atoms with van der Waals surface area (Å²) < 4.78 is 0. The lowest BCUT2D eigenvalue weighted by Gasteiger charge is -2.07. The van der Waals surface area contributed by atoms with Gasteiger partial charge >= 0.3 is 5.97 Å². The predicted molar refractivity (Wildman–Crippen MR) is 70.2 cm³/mol. The van der Waals surface area contributed by atoms with Gasteiger partial charge in [-0.25, -0.2) is 0 Å². The summed E-state index contributed by atoms with van der Waals surface area (Å²) >= 11 is 11.7. The topological polar surface area (TPSA) is 78.4 Å². The largest absolute Gasteiger partial charge is 0.480 e. The molecular weight excluding hydrogens is 279 g/mol. The van der Waals surface area contributed by atoms with Crippen molar-refractivity contribution in [3.8, 4) is 0 Å². The summed E-state index contributed by atoms with van der Waals surface area (Å²) in [5.41, 5.74) is 0.437. The van der Waals surface area contributed by atoms with E-state index in [0.29, 0.717) is 15.7 Å². The van der Waals surface area contributed by atoms with Crippen LogP contribution in [0.3, 0.4) is 0 Å². The van der Waals surface area contributed by atoms with Crippen molar-refractivity contribution >= 4 is 40.8 Å². The molecule has 0 saturated heterocycles. The average Bonchev–Trinajstić information content (AvgIpc) is 2.29. The molecule has 1 aromatic carbocycles. The van der Waals surface area contributed by atoms with E-state index in [4.69, 9.17) is 28.3 Å². The van der Waals surface area contributed by atoms with Gasteiger partial charge < -0.3 is 15.7 Å². The van der Waals surface area contributed by atoms with Crippen molar-refractivity contribution in [2.24, 2.45) is 0 Å². The molecule has 0 saturated carbocycles. The van der Waals surface area contributed by atoms with Gasteiger partial charge in [-0.3, -0.25) is 9.59 Å². The first-order chi connectivity index (χ1) is 8.49. The molecular formula is C11H12Cl2N2O3. The molecule has 0 fully saturated rings. The number of hydrogen-bond acceptors (Lipinski definition) is 3. The first-order valence-electron chi connectivity index (χ1n) is 5.16. The van der Waals surface area contributed by atoms with Crippen molar-refractivity contribution in [2.75, 3.05) is 18.4 Å². The minimum absolute atomic E-state index is 0.149. The molecule has 0 aliphatic heterocycles. The summed E-state index contributed by atoms with van der Waals surface area (Å²) in [6.45, 7) is 0.0987. The maximum absolute atomic E-state index is 11.5. The fraction of sp³-hybridized carbons (Fsp3) is 0.273. The Bertz CT molecular complexity index is 452. The van der Waals surface area contributed by atoms with Gasteiger partial charge in [0.25, 0.3) is 0 Å². The van der Waals surface area contributed by atoms with Crippen LogP contribution in [-0.4, -0.2) is 30.1 Å². The lowest BCUT2D eigenvalue weighted by Crippen LogP contribution is -2.26. The van der Waals surface area contributed by atoms with E-state index in [2.05, 4.69) is 10.6 Å². The zero-order valence-electron chi connectivity index (χ0n) is 9.37. The fourth-order valence-electron chi connectivity index (χ4n) is 1.20. The number of nitrogens with one attached hydrogen (secondary N) is 2. The van der Waals surface area contributed by atoms with Gasteiger partial charge in [-0.15, -0.1) is 0 Å². The number of hydrogen-bond donors (Lipinski definition) is 3. The predicted octanol–water partition coefficient (Wildman–Crippen LogP) is 2.00. The molecule has 1 rings (SSSR count). The molecule has 0 atom stereocenters. The molecule has 0 aromatic heterocycles. The van der Waals surface area contributed by atoms with Gasteiger partial charge in [-0.05, 0) is 18.2 Å². The maximum Gasteiger partial charge on any atom is 0.317 e. The smallest absolute Gasteiger partial charge is 0.317 e. The first-order valence-corrected chi connectivity index (χ1v) is 5.92. The average molecular weight is 291 g/mol. The van der Waals surface area contributed by atoms with Crippen molar-refractivity contribution < 1.29 is 14.7 Å². The highest BCUT2D eigenvalue weighted by molar-refractivity contribution is 6.35. The summed E-state index contributed by atoms with van der Waals surface area (Å²) in [6, 6.07) is 4.75. The van der Waals surface area contributed by atoms with Crippen LogP contribution in [0.15, 0.2) is 18.2 Å². The molecule has 1 amide bonds. The van der Waals surface area contributed by atoms with Gasteiger partial charge in [-0.2, -0.15) is 0 Å². The van der Waals surface area contributed by atoms with E-state index in [-0.39, 0.29) is 25.4 Å². The first kappa shape index (κ1) is 14.8. The number of aliphatic carboxylic acids is 1. The summed E-state index contributed by atoms with van der Waals surface area (Å²) in [5.74, 6) is -1.23. The minimum atomic E-state index is -0.965. The molecule has 0 radical (unpaired) electrons. The molecule has 5 nitrogen and oxygen atoms in total. The van der Waals surface area contributed by atoms with Crippen LogP contribution >= 0.6 is 23.2 Å². The van der Waals surface area contributed by atoms with Gasteiger partial charge in [0.1, 0.15) is 0 Å². The number of amides is 1. The second kappa shape index (κ2) is 7.20. The molecule has 0 aliphatic rings. The van der Waals surface area contributed by atoms with Crippen molar-refractivity contribution in [1.82, 2.24) is 5.32 Å². The molecule has 3 N–H and O–H groups in total. The third-order valence-electron chi connectivity index (χ3n) is 2.01. The Kier molecular flexibility index (Phi) is 5.91. The van der Waals surface area contributed by atoms with E-state index in [1.807, 2.05) is 0 Å². The Morgan fingerprint density at radius 2 is 2.00 bits per heavy atom. The quantitative estimate of drug-likeness (QED) is 0.700. The number of halogens is 2. The number of benzene rings is 1. The molecule has 18 heavy (non-hydrogen) atoms. The highest BCUT2D eigenvalue weighted by Gasteiger charge is 2.06. The lowest BCUT2D eigenvalue weighted by atomic mass is 10.3. The zero-order chi connectivity index (χ0) is 13.5. The highest BCUT2D eigenvalue weighted by Crippen LogP contribution is 2.25. The summed E-state index contributed by atoms with van der Waals surface area (Å²) in [6.07, 6.45) is 0.149. The van der Waals surface area contributed by atoms with Gasteiger partial charge in [0.2, 0.25) is 5.91 Å². The Hall–Kier alpha value is -1.30. The van der Waals surface area contributed by atoms with E-state index < -0.39 is 5.97 Å². The molecule has 7 heteroatoms. The van der Waals surface area contributed by atoms with Gasteiger partial charge in [-0.1, -0.05) is 23.2 Å². The van der Waals surface area contributed by atoms with Crippen LogP contribution in [0.2, 0.25) is 10.0 Å². The molecule has 1 aromatic rings. The number of carboxylic acids is 1. The van der Waals surface area contributed by atoms with E-state index >= 15 is 0 Å². The van der Waals surface area contributed by atoms with Crippen LogP contribution in [0, 0.1) is 0 Å². The Morgan fingerprint density at radius 3 is 2.67 bits per heavy atom. The third kappa shape index (κ3) is 5.35. The van der Waals surface area contributed by atoms with Crippen molar-refractivity contribution in [2.45, 2.75) is 6.42 Å². The van der Waals surface area contributed by atoms with Gasteiger partial charge in [0, 0.05) is 18.0 Å². The number of carbonyl (C=O) groups excluding carboxylic acids is 1. The fourth-order valence-corrected chi connectivity index (χ4v) is 1.54. The molecule has 98 valence electrons. The van der Waals surface area contributed by atoms with E-state index in [1.54, 1.807) is 18.2 Å². The van der Waals surface area contributed by atoms with Crippen molar-refractivity contribution in [3.05, 3.63) is 28.2 Å². The number of carbonyl (C=O) groups is 2. The molecule has 0 unspecified atom stereocenters. The molecule has 0 bridgehead atoms. The molecule has 0 spiro atoms. The molecule has 0 aliphatic carbocycles. The monoisotopic (exact) mass is 290 g/mol. The second-order valence-electron chi connectivity index (χ2n) is 3.49. The van der Waals surface area contributed by atoms with Crippen LogP contribution < -0.4 is 10.6 Å². The second-order valence-corrected chi connectivity index (χ2v) is 4.34. The highest BCUT2D eigenvalue weighted by atomic mass is 35.5. The van der Waals surface area contributed by atoms with E-state index in [9.17, 15) is 9.59 Å². The van der Waals surface area contributed by atoms with E-state index in [0.717, 1.165) is 0 Å². The van der Waals surface area contributed by atoms with Crippen molar-refractivity contribution in [1.29, 1.82) is 0 Å². The van der Waals surface area contributed by atoms with E-state index in [1.165, 1.54) is 0 Å².